The summed E-state index contributed by atoms with van der Waals surface area (Å²) >= 11 is 0. The maximum atomic E-state index is 3.81. The number of nitrogens with one attached hydrogen (secondary N) is 1. The Balaban J connectivity index is 2.00. The molecule has 0 amide bonds. The molecule has 2 rings (SSSR count). The molecule has 1 saturated heterocycles. The van der Waals surface area contributed by atoms with Crippen molar-refractivity contribution in [2.75, 3.05) is 19.6 Å². The molecule has 0 bridgehead atoms. The number of rotatable bonds is 4. The van der Waals surface area contributed by atoms with E-state index in [4.69, 9.17) is 0 Å². The second-order valence-electron chi connectivity index (χ2n) is 7.68. The fourth-order valence-corrected chi connectivity index (χ4v) is 3.19. The van der Waals surface area contributed by atoms with Gasteiger partial charge in [-0.1, -0.05) is 41.0 Å². The van der Waals surface area contributed by atoms with Gasteiger partial charge in [-0.15, -0.1) is 0 Å². The minimum absolute atomic E-state index is 0.391. The van der Waals surface area contributed by atoms with Gasteiger partial charge in [-0.2, -0.15) is 0 Å². The topological polar surface area (TPSA) is 15.3 Å². The standard InChI is InChI=1S/C16H32N2/c1-6-12(2)14-11-18(10-13-7-8-13)15(9-17-14)16(3,4)5/h12-15,17H,6-11H2,1-5H3. The molecule has 1 saturated carbocycles. The van der Waals surface area contributed by atoms with Crippen molar-refractivity contribution in [3.63, 3.8) is 0 Å². The molecule has 1 N–H and O–H groups in total. The second kappa shape index (κ2) is 5.50. The average Bonchev–Trinajstić information content (AvgIpc) is 3.10. The predicted octanol–water partition coefficient (Wildman–Crippen LogP) is 3.13. The minimum atomic E-state index is 0.391. The zero-order valence-corrected chi connectivity index (χ0v) is 13.0. The van der Waals surface area contributed by atoms with E-state index in [2.05, 4.69) is 44.8 Å². The number of nitrogens with zero attached hydrogens (tertiary/aromatic N) is 1. The largest absolute Gasteiger partial charge is 0.311 e. The smallest absolute Gasteiger partial charge is 0.0269 e. The van der Waals surface area contributed by atoms with E-state index in [0.29, 0.717) is 17.5 Å². The Morgan fingerprint density at radius 3 is 2.44 bits per heavy atom. The van der Waals surface area contributed by atoms with E-state index in [9.17, 15) is 0 Å². The first-order valence-electron chi connectivity index (χ1n) is 7.89. The predicted molar refractivity (Wildman–Crippen MR) is 78.8 cm³/mol. The summed E-state index contributed by atoms with van der Waals surface area (Å²) in [5.74, 6) is 1.80. The van der Waals surface area contributed by atoms with Crippen molar-refractivity contribution in [2.24, 2.45) is 17.3 Å². The van der Waals surface area contributed by atoms with Gasteiger partial charge in [-0.05, 0) is 30.1 Å². The zero-order chi connectivity index (χ0) is 13.3. The van der Waals surface area contributed by atoms with E-state index in [0.717, 1.165) is 11.8 Å². The third kappa shape index (κ3) is 3.48. The second-order valence-corrected chi connectivity index (χ2v) is 7.68. The van der Waals surface area contributed by atoms with Gasteiger partial charge >= 0.3 is 0 Å². The van der Waals surface area contributed by atoms with E-state index in [1.165, 1.54) is 38.9 Å². The lowest BCUT2D eigenvalue weighted by atomic mass is 9.82. The highest BCUT2D eigenvalue weighted by Crippen LogP contribution is 2.34. The van der Waals surface area contributed by atoms with Crippen LogP contribution in [0.5, 0.6) is 0 Å². The molecule has 1 aliphatic heterocycles. The maximum Gasteiger partial charge on any atom is 0.0269 e. The van der Waals surface area contributed by atoms with Gasteiger partial charge in [0.05, 0.1) is 0 Å². The molecular formula is C16H32N2. The lowest BCUT2D eigenvalue weighted by Crippen LogP contribution is -2.62. The van der Waals surface area contributed by atoms with Crippen LogP contribution in [0.4, 0.5) is 0 Å². The molecule has 1 heterocycles. The summed E-state index contributed by atoms with van der Waals surface area (Å²) in [5.41, 5.74) is 0.391. The van der Waals surface area contributed by atoms with Crippen molar-refractivity contribution in [3.8, 4) is 0 Å². The third-order valence-corrected chi connectivity index (χ3v) is 4.97. The number of hydrogen-bond donors (Lipinski definition) is 1. The molecule has 18 heavy (non-hydrogen) atoms. The van der Waals surface area contributed by atoms with Crippen molar-refractivity contribution in [1.82, 2.24) is 10.2 Å². The van der Waals surface area contributed by atoms with Crippen molar-refractivity contribution in [2.45, 2.75) is 66.0 Å². The van der Waals surface area contributed by atoms with E-state index < -0.39 is 0 Å². The number of hydrogen-bond acceptors (Lipinski definition) is 2. The van der Waals surface area contributed by atoms with Gasteiger partial charge in [0.15, 0.2) is 0 Å². The van der Waals surface area contributed by atoms with Crippen LogP contribution in [0.15, 0.2) is 0 Å². The molecule has 3 atom stereocenters. The van der Waals surface area contributed by atoms with Gasteiger partial charge in [0.25, 0.3) is 0 Å². The summed E-state index contributed by atoms with van der Waals surface area (Å²) in [5, 5.41) is 3.81. The fraction of sp³-hybridized carbons (Fsp3) is 1.00. The summed E-state index contributed by atoms with van der Waals surface area (Å²) in [6.45, 7) is 15.7. The Labute approximate surface area is 114 Å². The average molecular weight is 252 g/mol. The van der Waals surface area contributed by atoms with Gasteiger partial charge in [-0.3, -0.25) is 4.90 Å². The molecule has 2 heteroatoms. The van der Waals surface area contributed by atoms with E-state index in [1.807, 2.05) is 0 Å². The monoisotopic (exact) mass is 252 g/mol. The molecular weight excluding hydrogens is 220 g/mol. The molecule has 0 aromatic heterocycles. The molecule has 2 aliphatic rings. The molecule has 0 spiro atoms. The molecule has 1 aliphatic carbocycles. The van der Waals surface area contributed by atoms with Gasteiger partial charge in [0.2, 0.25) is 0 Å². The molecule has 2 nitrogen and oxygen atoms in total. The summed E-state index contributed by atoms with van der Waals surface area (Å²) in [7, 11) is 0. The van der Waals surface area contributed by atoms with Gasteiger partial charge < -0.3 is 5.32 Å². The molecule has 2 fully saturated rings. The highest BCUT2D eigenvalue weighted by atomic mass is 15.2. The molecule has 0 radical (unpaired) electrons. The van der Waals surface area contributed by atoms with Crippen molar-refractivity contribution in [3.05, 3.63) is 0 Å². The third-order valence-electron chi connectivity index (χ3n) is 4.97. The van der Waals surface area contributed by atoms with Crippen LogP contribution in [-0.2, 0) is 0 Å². The van der Waals surface area contributed by atoms with Crippen LogP contribution in [0.25, 0.3) is 0 Å². The lowest BCUT2D eigenvalue weighted by molar-refractivity contribution is 0.0405. The van der Waals surface area contributed by atoms with Crippen LogP contribution in [0, 0.1) is 17.3 Å². The minimum Gasteiger partial charge on any atom is -0.311 e. The first kappa shape index (κ1) is 14.3. The quantitative estimate of drug-likeness (QED) is 0.827. The lowest BCUT2D eigenvalue weighted by Gasteiger charge is -2.48. The number of piperazine rings is 1. The molecule has 106 valence electrons. The Kier molecular flexibility index (Phi) is 4.38. The van der Waals surface area contributed by atoms with Crippen molar-refractivity contribution in [1.29, 1.82) is 0 Å². The maximum absolute atomic E-state index is 3.81. The zero-order valence-electron chi connectivity index (χ0n) is 13.0. The first-order valence-corrected chi connectivity index (χ1v) is 7.89. The molecule has 0 aromatic carbocycles. The molecule has 3 unspecified atom stereocenters. The van der Waals surface area contributed by atoms with Crippen molar-refractivity contribution >= 4 is 0 Å². The van der Waals surface area contributed by atoms with E-state index >= 15 is 0 Å². The summed E-state index contributed by atoms with van der Waals surface area (Å²) < 4.78 is 0. The highest BCUT2D eigenvalue weighted by molar-refractivity contribution is 4.95. The van der Waals surface area contributed by atoms with Crippen LogP contribution >= 0.6 is 0 Å². The summed E-state index contributed by atoms with van der Waals surface area (Å²) in [6, 6.07) is 1.41. The van der Waals surface area contributed by atoms with Gasteiger partial charge in [0.1, 0.15) is 0 Å². The van der Waals surface area contributed by atoms with Gasteiger partial charge in [-0.25, -0.2) is 0 Å². The van der Waals surface area contributed by atoms with Crippen LogP contribution in [-0.4, -0.2) is 36.6 Å². The Morgan fingerprint density at radius 2 is 1.94 bits per heavy atom. The van der Waals surface area contributed by atoms with Crippen LogP contribution in [0.2, 0.25) is 0 Å². The van der Waals surface area contributed by atoms with Crippen LogP contribution < -0.4 is 5.32 Å². The highest BCUT2D eigenvalue weighted by Gasteiger charge is 2.38. The fourth-order valence-electron chi connectivity index (χ4n) is 3.19. The van der Waals surface area contributed by atoms with E-state index in [1.54, 1.807) is 0 Å². The Hall–Kier alpha value is -0.0800. The van der Waals surface area contributed by atoms with Crippen LogP contribution in [0.3, 0.4) is 0 Å². The first-order chi connectivity index (χ1) is 8.41. The molecule has 0 aromatic rings. The normalized spacial score (nSPS) is 32.5. The Bertz CT molecular complexity index is 265. The SMILES string of the molecule is CCC(C)C1CN(CC2CC2)C(C(C)(C)C)CN1. The van der Waals surface area contributed by atoms with Crippen LogP contribution in [0.1, 0.15) is 53.9 Å². The Morgan fingerprint density at radius 1 is 1.28 bits per heavy atom. The summed E-state index contributed by atoms with van der Waals surface area (Å²) in [6.07, 6.45) is 4.22. The van der Waals surface area contributed by atoms with E-state index in [-0.39, 0.29) is 0 Å². The van der Waals surface area contributed by atoms with Crippen molar-refractivity contribution < 1.29 is 0 Å². The summed E-state index contributed by atoms with van der Waals surface area (Å²) in [4.78, 5) is 2.80. The van der Waals surface area contributed by atoms with Gasteiger partial charge in [0, 0.05) is 31.7 Å².